The fourth-order valence-corrected chi connectivity index (χ4v) is 4.81. The molecule has 2 nitrogen and oxygen atoms in total. The van der Waals surface area contributed by atoms with Crippen molar-refractivity contribution in [1.82, 2.24) is 4.98 Å². The zero-order chi connectivity index (χ0) is 18.4. The molecule has 3 rings (SSSR count). The van der Waals surface area contributed by atoms with Crippen molar-refractivity contribution in [2.45, 2.75) is 51.9 Å². The number of aryl methyl sites for hydroxylation is 2. The smallest absolute Gasteiger partial charge is 0.0508 e. The second kappa shape index (κ2) is 10.1. The number of aromatic nitrogens is 1. The summed E-state index contributed by atoms with van der Waals surface area (Å²) in [6.07, 6.45) is 7.64. The van der Waals surface area contributed by atoms with E-state index in [4.69, 9.17) is 17.3 Å². The summed E-state index contributed by atoms with van der Waals surface area (Å²) in [6.45, 7) is 5.24. The van der Waals surface area contributed by atoms with E-state index < -0.39 is 0 Å². The Bertz CT molecular complexity index is 715. The van der Waals surface area contributed by atoms with Gasteiger partial charge >= 0.3 is 0 Å². The van der Waals surface area contributed by atoms with Crippen LogP contribution in [0.15, 0.2) is 33.3 Å². The van der Waals surface area contributed by atoms with Gasteiger partial charge in [0, 0.05) is 26.1 Å². The number of halogens is 3. The fourth-order valence-electron chi connectivity index (χ4n) is 3.21. The summed E-state index contributed by atoms with van der Waals surface area (Å²) in [5, 5.41) is 0.790. The molecule has 136 valence electrons. The predicted molar refractivity (Wildman–Crippen MR) is 115 cm³/mol. The first-order chi connectivity index (χ1) is 12.0. The third-order valence-electron chi connectivity index (χ3n) is 4.46. The summed E-state index contributed by atoms with van der Waals surface area (Å²) >= 11 is 13.3. The largest absolute Gasteiger partial charge is 0.330 e. The van der Waals surface area contributed by atoms with E-state index in [1.807, 2.05) is 12.3 Å². The van der Waals surface area contributed by atoms with Crippen molar-refractivity contribution in [3.63, 3.8) is 0 Å². The lowest BCUT2D eigenvalue weighted by atomic mass is 9.93. The summed E-state index contributed by atoms with van der Waals surface area (Å²) in [5.41, 5.74) is 10.3. The summed E-state index contributed by atoms with van der Waals surface area (Å²) in [7, 11) is 0. The topological polar surface area (TPSA) is 38.9 Å². The molecule has 0 fully saturated rings. The van der Waals surface area contributed by atoms with Gasteiger partial charge in [-0.25, -0.2) is 0 Å². The maximum Gasteiger partial charge on any atom is 0.0508 e. The Labute approximate surface area is 172 Å². The van der Waals surface area contributed by atoms with Crippen molar-refractivity contribution < 1.29 is 0 Å². The molecule has 0 aliphatic heterocycles. The summed E-state index contributed by atoms with van der Waals surface area (Å²) in [6, 6.07) is 6.24. The number of benzene rings is 1. The minimum absolute atomic E-state index is 0.284. The van der Waals surface area contributed by atoms with E-state index in [1.165, 1.54) is 41.6 Å². The zero-order valence-corrected chi connectivity index (χ0v) is 18.7. The first kappa shape index (κ1) is 20.9. The van der Waals surface area contributed by atoms with Gasteiger partial charge in [-0.1, -0.05) is 54.2 Å². The molecular weight excluding hydrogens is 463 g/mol. The van der Waals surface area contributed by atoms with E-state index in [0.29, 0.717) is 0 Å². The summed E-state index contributed by atoms with van der Waals surface area (Å²) < 4.78 is 2.13. The summed E-state index contributed by atoms with van der Waals surface area (Å²) in [5.74, 6) is 0.284. The molecule has 0 saturated heterocycles. The molecule has 1 unspecified atom stereocenters. The maximum absolute atomic E-state index is 6.17. The van der Waals surface area contributed by atoms with Crippen LogP contribution in [0, 0.1) is 0 Å². The highest BCUT2D eigenvalue weighted by Gasteiger charge is 2.24. The highest BCUT2D eigenvalue weighted by molar-refractivity contribution is 9.10. The molecule has 2 aromatic rings. The Morgan fingerprint density at radius 2 is 1.88 bits per heavy atom. The standard InChI is InChI=1S/C15H12Br2ClN.C5H13N/c1-8-14-9(5-12(18)6-13(14)17)2-3-10-4-11(16)7-19-15(8)10;1-2-3-4-5-6/h4-8H,2-3H2,1H3;2-6H2,1H3. The third kappa shape index (κ3) is 5.53. The van der Waals surface area contributed by atoms with Gasteiger partial charge in [0.2, 0.25) is 0 Å². The van der Waals surface area contributed by atoms with Crippen LogP contribution in [0.4, 0.5) is 0 Å². The molecule has 2 N–H and O–H groups in total. The van der Waals surface area contributed by atoms with Crippen LogP contribution in [0.25, 0.3) is 0 Å². The zero-order valence-electron chi connectivity index (χ0n) is 14.8. The number of unbranched alkanes of at least 4 members (excludes halogenated alkanes) is 2. The van der Waals surface area contributed by atoms with Crippen molar-refractivity contribution in [3.8, 4) is 0 Å². The van der Waals surface area contributed by atoms with Crippen LogP contribution in [-0.2, 0) is 12.8 Å². The van der Waals surface area contributed by atoms with Gasteiger partial charge in [-0.3, -0.25) is 4.98 Å². The number of hydrogen-bond donors (Lipinski definition) is 1. The van der Waals surface area contributed by atoms with E-state index in [2.05, 4.69) is 62.8 Å². The van der Waals surface area contributed by atoms with Crippen LogP contribution in [0.3, 0.4) is 0 Å². The van der Waals surface area contributed by atoms with Gasteiger partial charge < -0.3 is 5.73 Å². The van der Waals surface area contributed by atoms with Crippen LogP contribution in [0.1, 0.15) is 61.4 Å². The lowest BCUT2D eigenvalue weighted by molar-refractivity contribution is 0.727. The number of fused-ring (bicyclic) bond motifs is 2. The highest BCUT2D eigenvalue weighted by atomic mass is 79.9. The van der Waals surface area contributed by atoms with Crippen molar-refractivity contribution in [3.05, 3.63) is 60.7 Å². The van der Waals surface area contributed by atoms with Crippen molar-refractivity contribution in [1.29, 1.82) is 0 Å². The Morgan fingerprint density at radius 3 is 2.52 bits per heavy atom. The van der Waals surface area contributed by atoms with Crippen molar-refractivity contribution >= 4 is 43.5 Å². The first-order valence-electron chi connectivity index (χ1n) is 8.80. The SMILES string of the molecule is CC1c2ncc(Br)cc2CCc2cc(Cl)cc(Br)c21.CCCCCN. The van der Waals surface area contributed by atoms with E-state index in [1.54, 1.807) is 0 Å². The van der Waals surface area contributed by atoms with Gasteiger partial charge in [0.25, 0.3) is 0 Å². The molecule has 1 aliphatic carbocycles. The third-order valence-corrected chi connectivity index (χ3v) is 5.77. The van der Waals surface area contributed by atoms with Gasteiger partial charge in [-0.2, -0.15) is 0 Å². The Hall–Kier alpha value is -0.420. The lowest BCUT2D eigenvalue weighted by Crippen LogP contribution is -2.03. The number of rotatable bonds is 3. The molecule has 0 saturated carbocycles. The molecule has 0 radical (unpaired) electrons. The molecule has 1 aliphatic rings. The van der Waals surface area contributed by atoms with Gasteiger partial charge in [-0.05, 0) is 76.6 Å². The van der Waals surface area contributed by atoms with E-state index >= 15 is 0 Å². The van der Waals surface area contributed by atoms with Crippen molar-refractivity contribution in [2.75, 3.05) is 6.54 Å². The molecule has 1 atom stereocenters. The van der Waals surface area contributed by atoms with Gasteiger partial charge in [0.15, 0.2) is 0 Å². The molecule has 1 heterocycles. The molecule has 1 aromatic carbocycles. The minimum atomic E-state index is 0.284. The second-order valence-corrected chi connectivity index (χ2v) is 8.58. The van der Waals surface area contributed by atoms with Crippen LogP contribution >= 0.6 is 43.5 Å². The fraction of sp³-hybridized carbons (Fsp3) is 0.450. The molecule has 5 heteroatoms. The average molecular weight is 489 g/mol. The van der Waals surface area contributed by atoms with Crippen LogP contribution in [0.5, 0.6) is 0 Å². The van der Waals surface area contributed by atoms with Crippen LogP contribution in [0.2, 0.25) is 5.02 Å². The number of nitrogens with zero attached hydrogens (tertiary/aromatic N) is 1. The van der Waals surface area contributed by atoms with E-state index in [-0.39, 0.29) is 5.92 Å². The lowest BCUT2D eigenvalue weighted by Gasteiger charge is -2.16. The maximum atomic E-state index is 6.17. The highest BCUT2D eigenvalue weighted by Crippen LogP contribution is 2.39. The number of nitrogens with two attached hydrogens (primary N) is 1. The average Bonchev–Trinajstić information content (AvgIpc) is 2.70. The van der Waals surface area contributed by atoms with Gasteiger partial charge in [0.1, 0.15) is 0 Å². The van der Waals surface area contributed by atoms with Crippen LogP contribution in [-0.4, -0.2) is 11.5 Å². The molecular formula is C20H25Br2ClN2. The molecule has 1 aromatic heterocycles. The monoisotopic (exact) mass is 486 g/mol. The summed E-state index contributed by atoms with van der Waals surface area (Å²) in [4.78, 5) is 4.62. The van der Waals surface area contributed by atoms with E-state index in [0.717, 1.165) is 33.4 Å². The Morgan fingerprint density at radius 1 is 1.16 bits per heavy atom. The van der Waals surface area contributed by atoms with Gasteiger partial charge in [0.05, 0.1) is 5.69 Å². The normalized spacial score (nSPS) is 15.5. The number of hydrogen-bond acceptors (Lipinski definition) is 2. The first-order valence-corrected chi connectivity index (χ1v) is 10.8. The molecule has 0 bridgehead atoms. The second-order valence-electron chi connectivity index (χ2n) is 6.38. The van der Waals surface area contributed by atoms with Crippen LogP contribution < -0.4 is 5.73 Å². The van der Waals surface area contributed by atoms with Crippen molar-refractivity contribution in [2.24, 2.45) is 5.73 Å². The Kier molecular flexibility index (Phi) is 8.40. The molecule has 25 heavy (non-hydrogen) atoms. The van der Waals surface area contributed by atoms with E-state index in [9.17, 15) is 0 Å². The Balaban J connectivity index is 0.000000326. The molecule has 0 amide bonds. The quantitative estimate of drug-likeness (QED) is 0.492. The predicted octanol–water partition coefficient (Wildman–Crippen LogP) is 6.65. The molecule has 0 spiro atoms. The minimum Gasteiger partial charge on any atom is -0.330 e. The number of pyridine rings is 1. The van der Waals surface area contributed by atoms with Gasteiger partial charge in [-0.15, -0.1) is 0 Å².